The molecule has 3 aromatic rings. The minimum Gasteiger partial charge on any atom is -0.465 e. The first-order valence-corrected chi connectivity index (χ1v) is 8.99. The average molecular weight is 346 g/mol. The summed E-state index contributed by atoms with van der Waals surface area (Å²) in [6.07, 6.45) is 4.93. The smallest absolute Gasteiger partial charge is 0.246 e. The molecule has 4 rings (SSSR count). The molecule has 0 radical (unpaired) electrons. The molecule has 26 heavy (non-hydrogen) atoms. The highest BCUT2D eigenvalue weighted by molar-refractivity contribution is 5.91. The van der Waals surface area contributed by atoms with Gasteiger partial charge in [-0.15, -0.1) is 0 Å². The van der Waals surface area contributed by atoms with E-state index in [1.165, 1.54) is 16.3 Å². The molecular formula is C22H22N2O2. The number of carbonyl (C=O) groups is 1. The molecule has 1 aromatic heterocycles. The molecule has 4 heteroatoms. The second-order valence-electron chi connectivity index (χ2n) is 6.59. The Morgan fingerprint density at radius 3 is 2.58 bits per heavy atom. The van der Waals surface area contributed by atoms with Crippen LogP contribution in [0.25, 0.3) is 16.8 Å². The fraction of sp³-hybridized carbons (Fsp3) is 0.227. The number of piperazine rings is 1. The average Bonchev–Trinajstić information content (AvgIpc) is 3.21. The Bertz CT molecular complexity index is 902. The highest BCUT2D eigenvalue weighted by Gasteiger charge is 2.20. The summed E-state index contributed by atoms with van der Waals surface area (Å²) < 4.78 is 5.22. The van der Waals surface area contributed by atoms with Gasteiger partial charge < -0.3 is 9.32 Å². The van der Waals surface area contributed by atoms with Crippen molar-refractivity contribution in [2.75, 3.05) is 26.2 Å². The number of amides is 1. The number of hydrogen-bond donors (Lipinski definition) is 0. The maximum Gasteiger partial charge on any atom is 0.246 e. The van der Waals surface area contributed by atoms with E-state index in [9.17, 15) is 4.79 Å². The van der Waals surface area contributed by atoms with Crippen LogP contribution in [-0.2, 0) is 11.3 Å². The van der Waals surface area contributed by atoms with Gasteiger partial charge in [0.15, 0.2) is 0 Å². The van der Waals surface area contributed by atoms with E-state index in [-0.39, 0.29) is 5.91 Å². The lowest BCUT2D eigenvalue weighted by molar-refractivity contribution is -0.127. The van der Waals surface area contributed by atoms with Gasteiger partial charge in [0.05, 0.1) is 6.26 Å². The third kappa shape index (κ3) is 3.70. The lowest BCUT2D eigenvalue weighted by Crippen LogP contribution is -2.47. The Morgan fingerprint density at radius 2 is 1.77 bits per heavy atom. The monoisotopic (exact) mass is 346 g/mol. The van der Waals surface area contributed by atoms with Crippen LogP contribution in [-0.4, -0.2) is 41.9 Å². The lowest BCUT2D eigenvalue weighted by atomic mass is 10.0. The predicted octanol–water partition coefficient (Wildman–Crippen LogP) is 3.79. The summed E-state index contributed by atoms with van der Waals surface area (Å²) in [6, 6.07) is 18.6. The van der Waals surface area contributed by atoms with Gasteiger partial charge in [-0.1, -0.05) is 42.5 Å². The molecule has 2 heterocycles. The fourth-order valence-corrected chi connectivity index (χ4v) is 3.44. The van der Waals surface area contributed by atoms with Gasteiger partial charge in [0.1, 0.15) is 5.76 Å². The van der Waals surface area contributed by atoms with Crippen LogP contribution in [0.3, 0.4) is 0 Å². The van der Waals surface area contributed by atoms with Crippen molar-refractivity contribution in [2.24, 2.45) is 0 Å². The van der Waals surface area contributed by atoms with Gasteiger partial charge in [0.2, 0.25) is 5.91 Å². The topological polar surface area (TPSA) is 36.7 Å². The Hall–Kier alpha value is -2.85. The molecule has 2 aromatic carbocycles. The molecule has 4 nitrogen and oxygen atoms in total. The summed E-state index contributed by atoms with van der Waals surface area (Å²) >= 11 is 0. The number of carbonyl (C=O) groups excluding carboxylic acids is 1. The van der Waals surface area contributed by atoms with E-state index in [1.807, 2.05) is 17.0 Å². The second kappa shape index (κ2) is 7.58. The third-order valence-corrected chi connectivity index (χ3v) is 4.89. The van der Waals surface area contributed by atoms with Gasteiger partial charge in [-0.3, -0.25) is 9.69 Å². The number of benzene rings is 2. The molecule has 1 aliphatic rings. The highest BCUT2D eigenvalue weighted by atomic mass is 16.3. The van der Waals surface area contributed by atoms with Gasteiger partial charge in [0.25, 0.3) is 0 Å². The Balaban J connectivity index is 1.35. The molecule has 0 N–H and O–H groups in total. The molecule has 0 atom stereocenters. The van der Waals surface area contributed by atoms with Gasteiger partial charge in [0, 0.05) is 38.8 Å². The molecule has 0 spiro atoms. The molecule has 0 unspecified atom stereocenters. The molecule has 132 valence electrons. The number of nitrogens with zero attached hydrogens (tertiary/aromatic N) is 2. The van der Waals surface area contributed by atoms with Crippen LogP contribution in [0.5, 0.6) is 0 Å². The van der Waals surface area contributed by atoms with Crippen LogP contribution >= 0.6 is 0 Å². The van der Waals surface area contributed by atoms with Gasteiger partial charge in [-0.2, -0.15) is 0 Å². The zero-order valence-electron chi connectivity index (χ0n) is 14.7. The predicted molar refractivity (Wildman–Crippen MR) is 104 cm³/mol. The number of fused-ring (bicyclic) bond motifs is 1. The van der Waals surface area contributed by atoms with Crippen molar-refractivity contribution in [3.63, 3.8) is 0 Å². The van der Waals surface area contributed by atoms with Crippen LogP contribution in [0.15, 0.2) is 71.4 Å². The second-order valence-corrected chi connectivity index (χ2v) is 6.59. The van der Waals surface area contributed by atoms with E-state index in [4.69, 9.17) is 4.42 Å². The van der Waals surface area contributed by atoms with E-state index in [0.29, 0.717) is 5.76 Å². The minimum absolute atomic E-state index is 0.0474. The highest BCUT2D eigenvalue weighted by Crippen LogP contribution is 2.20. The molecule has 0 saturated carbocycles. The zero-order chi connectivity index (χ0) is 17.8. The van der Waals surface area contributed by atoms with Crippen LogP contribution in [0.1, 0.15) is 11.3 Å². The molecule has 1 aliphatic heterocycles. The first-order chi connectivity index (χ1) is 12.8. The van der Waals surface area contributed by atoms with Crippen LogP contribution in [0, 0.1) is 0 Å². The summed E-state index contributed by atoms with van der Waals surface area (Å²) in [5.41, 5.74) is 1.35. The number of furan rings is 1. The third-order valence-electron chi connectivity index (χ3n) is 4.89. The molecule has 1 amide bonds. The number of hydrogen-bond acceptors (Lipinski definition) is 3. The van der Waals surface area contributed by atoms with E-state index in [2.05, 4.69) is 47.4 Å². The fourth-order valence-electron chi connectivity index (χ4n) is 3.44. The maximum absolute atomic E-state index is 12.3. The summed E-state index contributed by atoms with van der Waals surface area (Å²) in [5, 5.41) is 2.59. The van der Waals surface area contributed by atoms with Crippen LogP contribution < -0.4 is 0 Å². The quantitative estimate of drug-likeness (QED) is 0.675. The standard InChI is InChI=1S/C22H22N2O2/c25-22(11-10-20-8-4-16-26-20)24-14-12-23(13-15-24)17-19-7-3-6-18-5-1-2-9-21(18)19/h1-11,16H,12-15,17H2. The molecule has 1 saturated heterocycles. The summed E-state index contributed by atoms with van der Waals surface area (Å²) in [6.45, 7) is 4.22. The first-order valence-electron chi connectivity index (χ1n) is 8.99. The van der Waals surface area contributed by atoms with E-state index >= 15 is 0 Å². The van der Waals surface area contributed by atoms with Crippen LogP contribution in [0.2, 0.25) is 0 Å². The van der Waals surface area contributed by atoms with E-state index in [0.717, 1.165) is 32.7 Å². The van der Waals surface area contributed by atoms with Crippen molar-refractivity contribution in [1.82, 2.24) is 9.80 Å². The van der Waals surface area contributed by atoms with Crippen molar-refractivity contribution < 1.29 is 9.21 Å². The first kappa shape index (κ1) is 16.6. The zero-order valence-corrected chi connectivity index (χ0v) is 14.7. The summed E-state index contributed by atoms with van der Waals surface area (Å²) in [4.78, 5) is 16.6. The van der Waals surface area contributed by atoms with Gasteiger partial charge in [-0.05, 0) is 34.5 Å². The number of rotatable bonds is 4. The van der Waals surface area contributed by atoms with Crippen molar-refractivity contribution >= 4 is 22.8 Å². The van der Waals surface area contributed by atoms with Gasteiger partial charge in [-0.25, -0.2) is 0 Å². The van der Waals surface area contributed by atoms with Crippen molar-refractivity contribution in [3.05, 3.63) is 78.3 Å². The Morgan fingerprint density at radius 1 is 0.962 bits per heavy atom. The SMILES string of the molecule is O=C(C=Cc1ccco1)N1CCN(Cc2cccc3ccccc23)CC1. The van der Waals surface area contributed by atoms with Crippen LogP contribution in [0.4, 0.5) is 0 Å². The molecule has 1 fully saturated rings. The lowest BCUT2D eigenvalue weighted by Gasteiger charge is -2.34. The van der Waals surface area contributed by atoms with Crippen molar-refractivity contribution in [2.45, 2.75) is 6.54 Å². The van der Waals surface area contributed by atoms with Gasteiger partial charge >= 0.3 is 0 Å². The molecular weight excluding hydrogens is 324 g/mol. The largest absolute Gasteiger partial charge is 0.465 e. The van der Waals surface area contributed by atoms with E-state index < -0.39 is 0 Å². The molecule has 0 aliphatic carbocycles. The summed E-state index contributed by atoms with van der Waals surface area (Å²) in [7, 11) is 0. The maximum atomic E-state index is 12.3. The minimum atomic E-state index is 0.0474. The molecule has 0 bridgehead atoms. The Labute approximate surface area is 153 Å². The van der Waals surface area contributed by atoms with Crippen molar-refractivity contribution in [1.29, 1.82) is 0 Å². The Kier molecular flexibility index (Phi) is 4.84. The normalized spacial score (nSPS) is 15.8. The van der Waals surface area contributed by atoms with E-state index in [1.54, 1.807) is 18.4 Å². The summed E-state index contributed by atoms with van der Waals surface area (Å²) in [5.74, 6) is 0.749. The van der Waals surface area contributed by atoms with Crippen molar-refractivity contribution in [3.8, 4) is 0 Å².